The molecule has 11 heteroatoms. The normalized spacial score (nSPS) is 17.1. The van der Waals surface area contributed by atoms with E-state index in [2.05, 4.69) is 306 Å². The molecule has 7 aliphatic rings. The molecule has 6 fully saturated rings. The van der Waals surface area contributed by atoms with Crippen molar-refractivity contribution in [2.45, 2.75) is 326 Å². The number of hydrogen-bond acceptors (Lipinski definition) is 6. The van der Waals surface area contributed by atoms with Crippen LogP contribution in [-0.4, -0.2) is 88.1 Å². The first-order valence-corrected chi connectivity index (χ1v) is 54.6. The summed E-state index contributed by atoms with van der Waals surface area (Å²) in [5, 5.41) is 39.6. The SMILES string of the molecule is CC(C)N1C=CN(C(C)C)C1.Cc1cc(C(C)C)c(-c2ccccc2P(C2CCCCC2)C2CCCCC2)c(C(C)C)c1.OCc1cccc(CO)c1-c1ccccc1P(C1CCCCC1)C1CCCCC1.c1ccc(-c2ccccc2P(C2CCCCC2)C2CCCCC2)cc1.c1ccc(P(c2ccccc2)c2ccccc2)cc1.c1ccc2n[nH]nc2c1. The van der Waals surface area contributed by atoms with E-state index in [4.69, 9.17) is 0 Å². The molecule has 662 valence electrons. The molecule has 6 aliphatic carbocycles. The Hall–Kier alpha value is -7.42. The van der Waals surface area contributed by atoms with Gasteiger partial charge in [-0.1, -0.05) is 409 Å². The zero-order valence-corrected chi connectivity index (χ0v) is 81.0. The van der Waals surface area contributed by atoms with Crippen molar-refractivity contribution in [3.8, 4) is 33.4 Å². The molecule has 0 saturated heterocycles. The van der Waals surface area contributed by atoms with Crippen molar-refractivity contribution in [3.05, 3.63) is 289 Å². The zero-order valence-electron chi connectivity index (χ0n) is 77.4. The summed E-state index contributed by atoms with van der Waals surface area (Å²) in [5.74, 6) is 1.09. The number of aliphatic hydroxyl groups is 2. The van der Waals surface area contributed by atoms with Gasteiger partial charge in [0.25, 0.3) is 0 Å². The lowest BCUT2D eigenvalue weighted by Gasteiger charge is -2.40. The Balaban J connectivity index is 0.000000134. The van der Waals surface area contributed by atoms with Gasteiger partial charge in [0.15, 0.2) is 0 Å². The molecule has 0 atom stereocenters. The van der Waals surface area contributed by atoms with Gasteiger partial charge < -0.3 is 20.0 Å². The Morgan fingerprint density at radius 2 is 0.600 bits per heavy atom. The maximum Gasteiger partial charge on any atom is 0.112 e. The van der Waals surface area contributed by atoms with E-state index >= 15 is 0 Å². The predicted octanol–water partition coefficient (Wildman–Crippen LogP) is 29.2. The molecule has 125 heavy (non-hydrogen) atoms. The van der Waals surface area contributed by atoms with Crippen LogP contribution in [0.3, 0.4) is 0 Å². The maximum atomic E-state index is 10.1. The van der Waals surface area contributed by atoms with E-state index in [1.807, 2.05) is 42.5 Å². The second-order valence-electron chi connectivity index (χ2n) is 37.6. The molecule has 18 rings (SSSR count). The van der Waals surface area contributed by atoms with Crippen LogP contribution in [0.25, 0.3) is 44.4 Å². The molecule has 1 aliphatic heterocycles. The average molecular weight is 1750 g/mol. The van der Waals surface area contributed by atoms with E-state index < -0.39 is 7.92 Å². The molecule has 0 unspecified atom stereocenters. The molecule has 0 spiro atoms. The molecule has 3 N–H and O–H groups in total. The highest BCUT2D eigenvalue weighted by Gasteiger charge is 2.38. The summed E-state index contributed by atoms with van der Waals surface area (Å²) in [4.78, 5) is 4.67. The van der Waals surface area contributed by atoms with Crippen LogP contribution in [-0.2, 0) is 13.2 Å². The fourth-order valence-corrected chi connectivity index (χ4v) is 35.2. The van der Waals surface area contributed by atoms with Crippen LogP contribution in [0.1, 0.15) is 288 Å². The van der Waals surface area contributed by atoms with Crippen LogP contribution in [0.5, 0.6) is 0 Å². The summed E-state index contributed by atoms with van der Waals surface area (Å²) >= 11 is 0. The monoisotopic (exact) mass is 1740 g/mol. The minimum absolute atomic E-state index is 0.0162. The lowest BCUT2D eigenvalue weighted by molar-refractivity contribution is 0.204. The summed E-state index contributed by atoms with van der Waals surface area (Å²) in [6.45, 7) is 21.8. The van der Waals surface area contributed by atoms with E-state index in [0.717, 1.165) is 68.3 Å². The van der Waals surface area contributed by atoms with Crippen molar-refractivity contribution in [1.29, 1.82) is 0 Å². The lowest BCUT2D eigenvalue weighted by atomic mass is 9.83. The molecule has 7 nitrogen and oxygen atoms in total. The Kier molecular flexibility index (Phi) is 38.0. The summed E-state index contributed by atoms with van der Waals surface area (Å²) in [5.41, 5.74) is 22.2. The van der Waals surface area contributed by atoms with E-state index in [1.165, 1.54) is 236 Å². The fourth-order valence-electron chi connectivity index (χ4n) is 21.0. The van der Waals surface area contributed by atoms with E-state index in [-0.39, 0.29) is 37.0 Å². The number of para-hydroxylation sites is 2. The number of aromatic nitrogens is 3. The highest BCUT2D eigenvalue weighted by atomic mass is 31.1. The molecule has 0 amide bonds. The minimum Gasteiger partial charge on any atom is -0.392 e. The molecule has 6 saturated carbocycles. The van der Waals surface area contributed by atoms with Crippen LogP contribution in [0.15, 0.2) is 261 Å². The number of nitrogens with zero attached hydrogens (tertiary/aromatic N) is 4. The Morgan fingerprint density at radius 3 is 0.904 bits per heavy atom. The Bertz CT molecular complexity index is 4710. The third-order valence-electron chi connectivity index (χ3n) is 27.5. The van der Waals surface area contributed by atoms with Crippen LogP contribution >= 0.6 is 31.7 Å². The molecular formula is C114H149N5O2P4. The molecule has 0 bridgehead atoms. The topological polar surface area (TPSA) is 88.5 Å². The van der Waals surface area contributed by atoms with Crippen LogP contribution in [0.2, 0.25) is 0 Å². The standard InChI is InChI=1S/C31H45P.C26H35O2P.C24H31P.C18H15P.C9H18N2.C6H5N3/c1-22(2)28-20-24(5)21-29(23(3)4)31(28)27-18-12-13-19-30(27)32(25-14-8-6-9-15-25)26-16-10-7-11-17-26;27-18-20-10-9-11-21(19-28)26(20)24-16-7-8-17-25(24)29(22-12-3-1-4-13-22)23-14-5-2-6-15-23;1-4-12-20(13-5-1)23-18-10-11-19-24(23)25(21-14-6-2-7-15-21)22-16-8-3-9-17-22;1-4-10-16(11-5-1)19(17-12-6-2-7-13-17)18-14-8-3-9-15-18;1-8(2)10-5-6-11(7-10)9(3)4;1-2-4-6-5(3-1)7-9-8-6/h12-13,18-23,25-26H,6-11,14-17H2,1-5H3;7-11,16-17,22-23,27-28H,1-6,12-15,18-19H2;1,4-5,10-13,18-19,21-22H,2-3,6-9,14-17H2;1-15H;5-6,8-9H,7H2,1-4H3;1-4H,(H,7,8,9). The summed E-state index contributed by atoms with van der Waals surface area (Å²) in [7, 11) is -0.825. The number of aromatic amines is 1. The van der Waals surface area contributed by atoms with Gasteiger partial charge in [0, 0.05) is 24.5 Å². The van der Waals surface area contributed by atoms with Crippen molar-refractivity contribution in [3.63, 3.8) is 0 Å². The summed E-state index contributed by atoms with van der Waals surface area (Å²) in [6, 6.07) is 91.3. The first-order chi connectivity index (χ1) is 61.3. The first-order valence-electron chi connectivity index (χ1n) is 48.8. The molecule has 0 radical (unpaired) electrons. The van der Waals surface area contributed by atoms with E-state index in [9.17, 15) is 10.2 Å². The number of rotatable bonds is 21. The van der Waals surface area contributed by atoms with Gasteiger partial charge in [0.05, 0.1) is 19.9 Å². The third kappa shape index (κ3) is 26.2. The Morgan fingerprint density at radius 1 is 0.320 bits per heavy atom. The minimum atomic E-state index is -0.446. The van der Waals surface area contributed by atoms with Gasteiger partial charge >= 0.3 is 0 Å². The van der Waals surface area contributed by atoms with Gasteiger partial charge in [-0.3, -0.25) is 0 Å². The van der Waals surface area contributed by atoms with Crippen molar-refractivity contribution < 1.29 is 10.2 Å². The molecule has 2 heterocycles. The van der Waals surface area contributed by atoms with Gasteiger partial charge in [-0.2, -0.15) is 15.4 Å². The second-order valence-corrected chi connectivity index (χ2v) is 48.1. The third-order valence-corrected chi connectivity index (χ3v) is 40.6. The van der Waals surface area contributed by atoms with E-state index in [0.29, 0.717) is 23.9 Å². The molecule has 11 aromatic rings. The number of H-pyrrole nitrogens is 1. The number of fused-ring (bicyclic) bond motifs is 1. The summed E-state index contributed by atoms with van der Waals surface area (Å²) < 4.78 is 0. The van der Waals surface area contributed by atoms with Gasteiger partial charge in [-0.15, -0.1) is 0 Å². The highest BCUT2D eigenvalue weighted by molar-refractivity contribution is 7.79. The number of aryl methyl sites for hydroxylation is 1. The van der Waals surface area contributed by atoms with Crippen LogP contribution in [0.4, 0.5) is 0 Å². The zero-order chi connectivity index (χ0) is 87.1. The first kappa shape index (κ1) is 95.2. The number of aliphatic hydroxyl groups excluding tert-OH is 2. The van der Waals surface area contributed by atoms with Gasteiger partial charge in [0.2, 0.25) is 0 Å². The van der Waals surface area contributed by atoms with Gasteiger partial charge in [-0.25, -0.2) is 0 Å². The van der Waals surface area contributed by atoms with Gasteiger partial charge in [0.1, 0.15) is 11.0 Å². The van der Waals surface area contributed by atoms with Crippen molar-refractivity contribution >= 4 is 74.5 Å². The van der Waals surface area contributed by atoms with E-state index in [1.54, 1.807) is 32.9 Å². The number of benzene rings is 10. The van der Waals surface area contributed by atoms with Crippen molar-refractivity contribution in [2.24, 2.45) is 0 Å². The molecule has 10 aromatic carbocycles. The van der Waals surface area contributed by atoms with Crippen molar-refractivity contribution in [2.75, 3.05) is 6.67 Å². The van der Waals surface area contributed by atoms with Gasteiger partial charge in [-0.05, 0) is 265 Å². The number of nitrogens with one attached hydrogen (secondary N) is 1. The number of hydrogen-bond donors (Lipinski definition) is 3. The lowest BCUT2D eigenvalue weighted by Crippen LogP contribution is -2.33. The highest BCUT2D eigenvalue weighted by Crippen LogP contribution is 2.60. The fraction of sp³-hybridized carbons (Fsp3) is 0.456. The molecular weight excluding hydrogens is 1600 g/mol. The second kappa shape index (κ2) is 49.9. The largest absolute Gasteiger partial charge is 0.392 e. The predicted molar refractivity (Wildman–Crippen MR) is 548 cm³/mol. The van der Waals surface area contributed by atoms with Crippen LogP contribution < -0.4 is 31.8 Å². The quantitative estimate of drug-likeness (QED) is 0.0621. The Labute approximate surface area is 759 Å². The molecule has 1 aromatic heterocycles. The maximum absolute atomic E-state index is 10.1. The van der Waals surface area contributed by atoms with Crippen LogP contribution in [0, 0.1) is 6.92 Å². The summed E-state index contributed by atoms with van der Waals surface area (Å²) in [6.07, 6.45) is 47.5. The smallest absolute Gasteiger partial charge is 0.112 e. The van der Waals surface area contributed by atoms with Crippen molar-refractivity contribution in [1.82, 2.24) is 25.2 Å². The average Bonchev–Trinajstić information content (AvgIpc) is 0.763.